The van der Waals surface area contributed by atoms with Gasteiger partial charge in [0, 0.05) is 16.9 Å². The van der Waals surface area contributed by atoms with Crippen LogP contribution in [-0.4, -0.2) is 31.4 Å². The Morgan fingerprint density at radius 3 is 2.56 bits per heavy atom. The van der Waals surface area contributed by atoms with Crippen LogP contribution in [0, 0.1) is 20.8 Å². The number of aromatic nitrogens is 4. The summed E-state index contributed by atoms with van der Waals surface area (Å²) < 4.78 is 5.70. The zero-order valence-electron chi connectivity index (χ0n) is 15.9. The molecule has 8 nitrogen and oxygen atoms in total. The number of nitrogens with one attached hydrogen (secondary N) is 2. The Bertz CT molecular complexity index is 1020. The van der Waals surface area contributed by atoms with E-state index in [2.05, 4.69) is 37.5 Å². The Hall–Kier alpha value is -3.03. The first kappa shape index (κ1) is 17.4. The minimum atomic E-state index is -0.257. The lowest BCUT2D eigenvalue weighted by molar-refractivity contribution is 0.0949. The Balaban J connectivity index is 1.63. The van der Waals surface area contributed by atoms with Crippen molar-refractivity contribution < 1.29 is 9.21 Å². The van der Waals surface area contributed by atoms with Gasteiger partial charge in [-0.05, 0) is 46.6 Å². The molecule has 0 spiro atoms. The summed E-state index contributed by atoms with van der Waals surface area (Å²) in [5.41, 5.74) is 2.61. The van der Waals surface area contributed by atoms with Crippen LogP contribution in [0.1, 0.15) is 53.1 Å². The number of anilines is 1. The van der Waals surface area contributed by atoms with E-state index in [1.54, 1.807) is 6.92 Å². The highest BCUT2D eigenvalue weighted by atomic mass is 16.3. The Labute approximate surface area is 156 Å². The van der Waals surface area contributed by atoms with Crippen molar-refractivity contribution in [1.82, 2.24) is 25.3 Å². The van der Waals surface area contributed by atoms with Gasteiger partial charge >= 0.3 is 0 Å². The second-order valence-corrected chi connectivity index (χ2v) is 7.37. The van der Waals surface area contributed by atoms with Gasteiger partial charge in [0.05, 0.1) is 17.5 Å². The maximum atomic E-state index is 12.9. The average molecular weight is 366 g/mol. The van der Waals surface area contributed by atoms with Gasteiger partial charge in [-0.15, -0.1) is 0 Å². The van der Waals surface area contributed by atoms with E-state index in [9.17, 15) is 4.79 Å². The summed E-state index contributed by atoms with van der Waals surface area (Å²) in [6.07, 6.45) is 3.59. The molecule has 3 aromatic rings. The molecule has 0 aliphatic heterocycles. The molecule has 0 aromatic carbocycles. The lowest BCUT2D eigenvalue weighted by atomic mass is 10.1. The number of fused-ring (bicyclic) bond motifs is 1. The summed E-state index contributed by atoms with van der Waals surface area (Å²) in [5.74, 6) is 1.46. The standard InChI is InChI=1S/C19H22N6O2/c1-10-7-11(2)24-13(23-10)8-20-17(26)14-12(3)27-18-15(14)16(21-9-22-18)25-19(4)5-6-19/h7,9H,5-6,8H2,1-4H3,(H,20,26)(H,21,22,25). The molecular formula is C19H22N6O2. The molecule has 0 unspecified atom stereocenters. The number of aryl methyl sites for hydroxylation is 3. The number of carbonyl (C=O) groups excluding carboxylic acids is 1. The van der Waals surface area contributed by atoms with Gasteiger partial charge in [-0.3, -0.25) is 4.79 Å². The molecule has 1 aliphatic carbocycles. The van der Waals surface area contributed by atoms with Crippen molar-refractivity contribution in [2.45, 2.75) is 52.6 Å². The van der Waals surface area contributed by atoms with Gasteiger partial charge < -0.3 is 15.1 Å². The topological polar surface area (TPSA) is 106 Å². The molecular weight excluding hydrogens is 344 g/mol. The molecule has 4 rings (SSSR count). The number of nitrogens with zero attached hydrogens (tertiary/aromatic N) is 4. The van der Waals surface area contributed by atoms with Crippen LogP contribution in [0.2, 0.25) is 0 Å². The van der Waals surface area contributed by atoms with Gasteiger partial charge in [-0.25, -0.2) is 19.9 Å². The summed E-state index contributed by atoms with van der Waals surface area (Å²) >= 11 is 0. The van der Waals surface area contributed by atoms with Crippen molar-refractivity contribution in [1.29, 1.82) is 0 Å². The number of furan rings is 1. The van der Waals surface area contributed by atoms with Gasteiger partial charge in [-0.1, -0.05) is 0 Å². The second kappa shape index (κ2) is 6.29. The lowest BCUT2D eigenvalue weighted by Gasteiger charge is -2.13. The fourth-order valence-electron chi connectivity index (χ4n) is 3.14. The molecule has 0 bridgehead atoms. The summed E-state index contributed by atoms with van der Waals surface area (Å²) in [7, 11) is 0. The summed E-state index contributed by atoms with van der Waals surface area (Å²) in [4.78, 5) is 30.1. The fourth-order valence-corrected chi connectivity index (χ4v) is 3.14. The minimum Gasteiger partial charge on any atom is -0.442 e. The molecule has 27 heavy (non-hydrogen) atoms. The first-order chi connectivity index (χ1) is 12.8. The van der Waals surface area contributed by atoms with E-state index < -0.39 is 0 Å². The monoisotopic (exact) mass is 366 g/mol. The quantitative estimate of drug-likeness (QED) is 0.715. The van der Waals surface area contributed by atoms with Crippen molar-refractivity contribution in [2.75, 3.05) is 5.32 Å². The summed E-state index contributed by atoms with van der Waals surface area (Å²) in [5, 5.41) is 6.92. The first-order valence-electron chi connectivity index (χ1n) is 8.96. The SMILES string of the molecule is Cc1cc(C)nc(CNC(=O)c2c(C)oc3ncnc(NC4(C)CC4)c23)n1. The van der Waals surface area contributed by atoms with Gasteiger partial charge in [0.2, 0.25) is 5.71 Å². The maximum absolute atomic E-state index is 12.9. The number of carbonyl (C=O) groups is 1. The predicted molar refractivity (Wildman–Crippen MR) is 100 cm³/mol. The van der Waals surface area contributed by atoms with Crippen molar-refractivity contribution in [3.05, 3.63) is 40.9 Å². The number of hydrogen-bond donors (Lipinski definition) is 2. The molecule has 1 amide bonds. The summed E-state index contributed by atoms with van der Waals surface area (Å²) in [6, 6.07) is 1.90. The van der Waals surface area contributed by atoms with E-state index in [4.69, 9.17) is 4.42 Å². The predicted octanol–water partition coefficient (Wildman–Crippen LogP) is 2.83. The number of amides is 1. The second-order valence-electron chi connectivity index (χ2n) is 7.37. The highest BCUT2D eigenvalue weighted by Crippen LogP contribution is 2.40. The van der Waals surface area contributed by atoms with E-state index in [1.165, 1.54) is 6.33 Å². The third-order valence-corrected chi connectivity index (χ3v) is 4.75. The molecule has 0 atom stereocenters. The number of rotatable bonds is 5. The molecule has 0 radical (unpaired) electrons. The highest BCUT2D eigenvalue weighted by Gasteiger charge is 2.38. The highest BCUT2D eigenvalue weighted by molar-refractivity contribution is 6.10. The van der Waals surface area contributed by atoms with Crippen LogP contribution >= 0.6 is 0 Å². The van der Waals surface area contributed by atoms with Crippen LogP contribution in [0.15, 0.2) is 16.8 Å². The van der Waals surface area contributed by atoms with E-state index >= 15 is 0 Å². The summed E-state index contributed by atoms with van der Waals surface area (Å²) in [6.45, 7) is 7.93. The van der Waals surface area contributed by atoms with E-state index in [0.29, 0.717) is 34.1 Å². The van der Waals surface area contributed by atoms with Gasteiger partial charge in [0.25, 0.3) is 5.91 Å². The molecule has 3 aromatic heterocycles. The normalized spacial score (nSPS) is 15.0. The van der Waals surface area contributed by atoms with Crippen LogP contribution in [0.4, 0.5) is 5.82 Å². The Morgan fingerprint density at radius 2 is 1.89 bits per heavy atom. The van der Waals surface area contributed by atoms with Crippen molar-refractivity contribution >= 4 is 22.8 Å². The minimum absolute atomic E-state index is 0.0210. The molecule has 1 saturated carbocycles. The van der Waals surface area contributed by atoms with Gasteiger partial charge in [0.1, 0.15) is 23.7 Å². The first-order valence-corrected chi connectivity index (χ1v) is 8.96. The average Bonchev–Trinajstić information content (AvgIpc) is 3.20. The van der Waals surface area contributed by atoms with Crippen LogP contribution in [0.3, 0.4) is 0 Å². The van der Waals surface area contributed by atoms with E-state index in [0.717, 1.165) is 24.2 Å². The van der Waals surface area contributed by atoms with Crippen molar-refractivity contribution in [2.24, 2.45) is 0 Å². The third kappa shape index (κ3) is 3.47. The Kier molecular flexibility index (Phi) is 4.05. The largest absolute Gasteiger partial charge is 0.442 e. The fraction of sp³-hybridized carbons (Fsp3) is 0.421. The number of hydrogen-bond acceptors (Lipinski definition) is 7. The zero-order valence-corrected chi connectivity index (χ0v) is 15.9. The van der Waals surface area contributed by atoms with Crippen molar-refractivity contribution in [3.8, 4) is 0 Å². The van der Waals surface area contributed by atoms with Gasteiger partial charge in [0.15, 0.2) is 0 Å². The smallest absolute Gasteiger partial charge is 0.256 e. The van der Waals surface area contributed by atoms with E-state index in [1.807, 2.05) is 19.9 Å². The molecule has 3 heterocycles. The van der Waals surface area contributed by atoms with Crippen LogP contribution in [0.25, 0.3) is 11.1 Å². The zero-order chi connectivity index (χ0) is 19.2. The maximum Gasteiger partial charge on any atom is 0.256 e. The molecule has 0 saturated heterocycles. The van der Waals surface area contributed by atoms with Crippen molar-refractivity contribution in [3.63, 3.8) is 0 Å². The Morgan fingerprint density at radius 1 is 1.19 bits per heavy atom. The molecule has 1 aliphatic rings. The van der Waals surface area contributed by atoms with E-state index in [-0.39, 0.29) is 18.0 Å². The molecule has 1 fully saturated rings. The van der Waals surface area contributed by atoms with Gasteiger partial charge in [-0.2, -0.15) is 0 Å². The lowest BCUT2D eigenvalue weighted by Crippen LogP contribution is -2.25. The third-order valence-electron chi connectivity index (χ3n) is 4.75. The van der Waals surface area contributed by atoms with Crippen LogP contribution < -0.4 is 10.6 Å². The molecule has 2 N–H and O–H groups in total. The molecule has 140 valence electrons. The van der Waals surface area contributed by atoms with Crippen LogP contribution in [0.5, 0.6) is 0 Å². The molecule has 8 heteroatoms. The van der Waals surface area contributed by atoms with Crippen LogP contribution in [-0.2, 0) is 6.54 Å².